The second-order valence-corrected chi connectivity index (χ2v) is 8.83. The van der Waals surface area contributed by atoms with Gasteiger partial charge in [-0.3, -0.25) is 4.79 Å². The Balaban J connectivity index is 1.61. The van der Waals surface area contributed by atoms with E-state index in [0.29, 0.717) is 36.4 Å². The fourth-order valence-electron chi connectivity index (χ4n) is 4.79. The lowest BCUT2D eigenvalue weighted by Gasteiger charge is -2.22. The highest BCUT2D eigenvalue weighted by molar-refractivity contribution is 5.91. The zero-order chi connectivity index (χ0) is 26.4. The first-order valence-electron chi connectivity index (χ1n) is 11.5. The predicted molar refractivity (Wildman–Crippen MR) is 132 cm³/mol. The number of carbonyl (C=O) groups is 1. The molecule has 190 valence electrons. The average Bonchev–Trinajstić information content (AvgIpc) is 3.53. The molecule has 5 rings (SSSR count). The number of anilines is 1. The van der Waals surface area contributed by atoms with Crippen molar-refractivity contribution in [2.45, 2.75) is 25.4 Å². The first-order valence-corrected chi connectivity index (χ1v) is 11.5. The molecular formula is C25H24F2N8O2. The second kappa shape index (κ2) is 9.25. The molecule has 2 N–H and O–H groups in total. The van der Waals surface area contributed by atoms with Crippen molar-refractivity contribution >= 4 is 33.8 Å². The molecule has 1 saturated heterocycles. The summed E-state index contributed by atoms with van der Waals surface area (Å²) in [5, 5.41) is 4.96. The third-order valence-electron chi connectivity index (χ3n) is 6.65. The number of amides is 1. The van der Waals surface area contributed by atoms with Crippen LogP contribution in [0.2, 0.25) is 0 Å². The summed E-state index contributed by atoms with van der Waals surface area (Å²) in [6, 6.07) is 0.702. The highest BCUT2D eigenvalue weighted by Crippen LogP contribution is 2.32. The van der Waals surface area contributed by atoms with E-state index in [1.807, 2.05) is 0 Å². The maximum absolute atomic E-state index is 15.3. The molecule has 4 heterocycles. The summed E-state index contributed by atoms with van der Waals surface area (Å²) in [6.45, 7) is 5.96. The molecule has 1 fully saturated rings. The highest BCUT2D eigenvalue weighted by Gasteiger charge is 2.37. The lowest BCUT2D eigenvalue weighted by molar-refractivity contribution is -0.127. The van der Waals surface area contributed by atoms with Crippen LogP contribution < -0.4 is 5.73 Å². The van der Waals surface area contributed by atoms with Gasteiger partial charge in [0.2, 0.25) is 5.91 Å². The number of aryl methyl sites for hydroxylation is 2. The molecule has 10 nitrogen and oxygen atoms in total. The van der Waals surface area contributed by atoms with E-state index in [0.717, 1.165) is 6.07 Å². The summed E-state index contributed by atoms with van der Waals surface area (Å²) in [5.74, 6) is 4.17. The van der Waals surface area contributed by atoms with Crippen molar-refractivity contribution in [1.82, 2.24) is 34.2 Å². The number of aromatic nitrogens is 6. The van der Waals surface area contributed by atoms with Gasteiger partial charge in [0.1, 0.15) is 35.0 Å². The van der Waals surface area contributed by atoms with E-state index in [-0.39, 0.29) is 40.5 Å². The normalized spacial score (nSPS) is 17.4. The minimum absolute atomic E-state index is 0.129. The van der Waals surface area contributed by atoms with Gasteiger partial charge >= 0.3 is 0 Å². The van der Waals surface area contributed by atoms with Crippen LogP contribution in [0.25, 0.3) is 22.1 Å². The fourth-order valence-corrected chi connectivity index (χ4v) is 4.79. The molecule has 3 aromatic heterocycles. The van der Waals surface area contributed by atoms with Crippen molar-refractivity contribution < 1.29 is 18.3 Å². The zero-order valence-corrected chi connectivity index (χ0v) is 20.5. The Bertz CT molecular complexity index is 1630. The van der Waals surface area contributed by atoms with Crippen LogP contribution in [-0.4, -0.2) is 66.4 Å². The number of ether oxygens (including phenoxy) is 1. The molecule has 4 aromatic rings. The van der Waals surface area contributed by atoms with Gasteiger partial charge in [0.05, 0.1) is 35.2 Å². The number of carbonyl (C=O) groups excluding carboxylic acids is 1. The maximum Gasteiger partial charge on any atom is 0.246 e. The van der Waals surface area contributed by atoms with Crippen molar-refractivity contribution in [1.29, 1.82) is 0 Å². The van der Waals surface area contributed by atoms with Crippen molar-refractivity contribution in [3.05, 3.63) is 53.8 Å². The number of nitrogens with zero attached hydrogens (tertiary/aromatic N) is 7. The van der Waals surface area contributed by atoms with E-state index < -0.39 is 17.2 Å². The minimum atomic E-state index is -0.833. The number of halogens is 2. The smallest absolute Gasteiger partial charge is 0.246 e. The highest BCUT2D eigenvalue weighted by atomic mass is 19.1. The van der Waals surface area contributed by atoms with Crippen LogP contribution in [0.4, 0.5) is 14.6 Å². The number of benzene rings is 1. The largest absolute Gasteiger partial charge is 0.383 e. The summed E-state index contributed by atoms with van der Waals surface area (Å²) in [6.07, 6.45) is 3.10. The Hall–Kier alpha value is -4.37. The van der Waals surface area contributed by atoms with Crippen molar-refractivity contribution in [2.24, 2.45) is 7.05 Å². The Kier molecular flexibility index (Phi) is 6.08. The Morgan fingerprint density at radius 3 is 2.86 bits per heavy atom. The third-order valence-corrected chi connectivity index (χ3v) is 6.65. The van der Waals surface area contributed by atoms with Crippen molar-refractivity contribution in [3.63, 3.8) is 0 Å². The van der Waals surface area contributed by atoms with Crippen LogP contribution in [0.15, 0.2) is 25.0 Å². The molecule has 1 aliphatic rings. The number of imidazole rings is 1. The number of hydrogen-bond donors (Lipinski definition) is 1. The lowest BCUT2D eigenvalue weighted by atomic mass is 10.1. The van der Waals surface area contributed by atoms with E-state index in [4.69, 9.17) is 10.5 Å². The van der Waals surface area contributed by atoms with Crippen LogP contribution in [0.1, 0.15) is 29.5 Å². The quantitative estimate of drug-likeness (QED) is 0.333. The van der Waals surface area contributed by atoms with Gasteiger partial charge in [0, 0.05) is 26.8 Å². The Labute approximate surface area is 210 Å². The van der Waals surface area contributed by atoms with Crippen molar-refractivity contribution in [2.75, 3.05) is 26.0 Å². The summed E-state index contributed by atoms with van der Waals surface area (Å²) in [7, 11) is 3.21. The monoisotopic (exact) mass is 506 g/mol. The number of methoxy groups -OCH3 is 1. The molecule has 1 aromatic carbocycles. The Morgan fingerprint density at radius 1 is 1.35 bits per heavy atom. The molecule has 0 unspecified atom stereocenters. The SMILES string of the molecule is C=CC(=O)N1C[C@@H](n2nc(C#Cc3c(F)cc4nc(C)n(C)c4c3F)c3c(N)ncnc32)C[C@@H]1COC. The molecule has 1 aliphatic heterocycles. The van der Waals surface area contributed by atoms with Gasteiger partial charge in [-0.15, -0.1) is 0 Å². The molecule has 0 radical (unpaired) electrons. The second-order valence-electron chi connectivity index (χ2n) is 8.83. The number of nitrogen functional groups attached to an aromatic ring is 1. The van der Waals surface area contributed by atoms with Gasteiger partial charge in [-0.2, -0.15) is 5.10 Å². The molecule has 2 atom stereocenters. The van der Waals surface area contributed by atoms with E-state index in [2.05, 4.69) is 38.5 Å². The molecule has 0 aliphatic carbocycles. The maximum atomic E-state index is 15.3. The molecule has 0 bridgehead atoms. The van der Waals surface area contributed by atoms with Gasteiger partial charge < -0.3 is 19.9 Å². The standard InChI is InChI=1S/C25H24F2N8O2/c1-5-20(36)34-10-14(8-15(34)11-37-4)35-25-21(24(28)29-12-30-25)18(32-35)7-6-16-17(26)9-19-23(22(16)27)33(3)13(2)31-19/h5,9,12,14-15H,1,8,10-11H2,2-4H3,(H2,28,29,30)/t14-,15+/m0/s1. The molecular weight excluding hydrogens is 482 g/mol. The van der Waals surface area contributed by atoms with Crippen LogP contribution >= 0.6 is 0 Å². The zero-order valence-electron chi connectivity index (χ0n) is 20.5. The van der Waals surface area contributed by atoms with Crippen LogP contribution in [0.3, 0.4) is 0 Å². The first kappa shape index (κ1) is 24.3. The first-order chi connectivity index (χ1) is 17.7. The summed E-state index contributed by atoms with van der Waals surface area (Å²) < 4.78 is 38.6. The number of likely N-dealkylation sites (tertiary alicyclic amines) is 1. The van der Waals surface area contributed by atoms with Crippen LogP contribution in [-0.2, 0) is 16.6 Å². The van der Waals surface area contributed by atoms with Crippen LogP contribution in [0.5, 0.6) is 0 Å². The van der Waals surface area contributed by atoms with Gasteiger partial charge in [-0.25, -0.2) is 28.4 Å². The summed E-state index contributed by atoms with van der Waals surface area (Å²) in [4.78, 5) is 26.6. The molecule has 12 heteroatoms. The van der Waals surface area contributed by atoms with Gasteiger partial charge in [0.15, 0.2) is 11.5 Å². The van der Waals surface area contributed by atoms with Gasteiger partial charge in [-0.05, 0) is 25.3 Å². The average molecular weight is 507 g/mol. The molecule has 1 amide bonds. The minimum Gasteiger partial charge on any atom is -0.383 e. The fraction of sp³-hybridized carbons (Fsp3) is 0.320. The van der Waals surface area contributed by atoms with E-state index in [1.165, 1.54) is 17.0 Å². The van der Waals surface area contributed by atoms with E-state index >= 15 is 4.39 Å². The summed E-state index contributed by atoms with van der Waals surface area (Å²) in [5.41, 5.74) is 6.67. The molecule has 0 spiro atoms. The topological polar surface area (TPSA) is 117 Å². The van der Waals surface area contributed by atoms with Crippen LogP contribution in [0, 0.1) is 30.4 Å². The van der Waals surface area contributed by atoms with E-state index in [9.17, 15) is 9.18 Å². The number of hydrogen-bond acceptors (Lipinski definition) is 7. The van der Waals surface area contributed by atoms with Gasteiger partial charge in [0.25, 0.3) is 0 Å². The number of fused-ring (bicyclic) bond motifs is 2. The lowest BCUT2D eigenvalue weighted by Crippen LogP contribution is -2.37. The predicted octanol–water partition coefficient (Wildman–Crippen LogP) is 2.26. The van der Waals surface area contributed by atoms with Crippen molar-refractivity contribution in [3.8, 4) is 11.8 Å². The summed E-state index contributed by atoms with van der Waals surface area (Å²) >= 11 is 0. The molecule has 37 heavy (non-hydrogen) atoms. The number of nitrogens with two attached hydrogens (primary N) is 1. The molecule has 0 saturated carbocycles. The number of rotatable bonds is 4. The van der Waals surface area contributed by atoms with Gasteiger partial charge in [-0.1, -0.05) is 12.5 Å². The Morgan fingerprint density at radius 2 is 2.14 bits per heavy atom. The third kappa shape index (κ3) is 3.97. The van der Waals surface area contributed by atoms with E-state index in [1.54, 1.807) is 30.7 Å².